The Morgan fingerprint density at radius 1 is 1.24 bits per heavy atom. The zero-order chi connectivity index (χ0) is 15.4. The van der Waals surface area contributed by atoms with Crippen molar-refractivity contribution in [3.8, 4) is 5.75 Å². The van der Waals surface area contributed by atoms with Gasteiger partial charge in [0.2, 0.25) is 0 Å². The fourth-order valence-electron chi connectivity index (χ4n) is 2.09. The van der Waals surface area contributed by atoms with Gasteiger partial charge in [-0.1, -0.05) is 29.8 Å². The lowest BCUT2D eigenvalue weighted by Gasteiger charge is -2.18. The zero-order valence-electron chi connectivity index (χ0n) is 11.9. The molecule has 0 aliphatic rings. The lowest BCUT2D eigenvalue weighted by Crippen LogP contribution is -2.18. The number of hydrogen-bond acceptors (Lipinski definition) is 3. The molecular weight excluding hydrogens is 288 g/mol. The Kier molecular flexibility index (Phi) is 4.70. The van der Waals surface area contributed by atoms with E-state index < -0.39 is 0 Å². The molecule has 21 heavy (non-hydrogen) atoms. The molecule has 0 aliphatic carbocycles. The van der Waals surface area contributed by atoms with Crippen LogP contribution in [-0.4, -0.2) is 18.1 Å². The molecule has 2 aromatic carbocycles. The van der Waals surface area contributed by atoms with Gasteiger partial charge >= 0.3 is 0 Å². The fourth-order valence-corrected chi connectivity index (χ4v) is 2.26. The first kappa shape index (κ1) is 15.2. The number of benzene rings is 2. The highest BCUT2D eigenvalue weighted by atomic mass is 35.5. The molecule has 0 heterocycles. The van der Waals surface area contributed by atoms with Crippen molar-refractivity contribution >= 4 is 23.2 Å². The number of phenols is 1. The molecule has 0 spiro atoms. The monoisotopic (exact) mass is 304 g/mol. The van der Waals surface area contributed by atoms with Gasteiger partial charge in [-0.2, -0.15) is 0 Å². The van der Waals surface area contributed by atoms with E-state index in [1.54, 1.807) is 37.4 Å². The number of hydrogen-bond donors (Lipinski definition) is 3. The van der Waals surface area contributed by atoms with E-state index in [1.807, 2.05) is 19.1 Å². The normalized spacial score (nSPS) is 11.8. The first-order valence-electron chi connectivity index (χ1n) is 6.59. The van der Waals surface area contributed by atoms with Crippen LogP contribution in [0.25, 0.3) is 0 Å². The Bertz CT molecular complexity index is 658. The van der Waals surface area contributed by atoms with Gasteiger partial charge in [0.1, 0.15) is 5.75 Å². The van der Waals surface area contributed by atoms with E-state index >= 15 is 0 Å². The van der Waals surface area contributed by atoms with E-state index in [2.05, 4.69) is 10.6 Å². The third kappa shape index (κ3) is 3.47. The fraction of sp³-hybridized carbons (Fsp3) is 0.188. The minimum absolute atomic E-state index is 0.149. The van der Waals surface area contributed by atoms with Crippen LogP contribution >= 0.6 is 11.6 Å². The second-order valence-electron chi connectivity index (χ2n) is 4.70. The third-order valence-corrected chi connectivity index (χ3v) is 3.56. The van der Waals surface area contributed by atoms with Crippen LogP contribution < -0.4 is 10.6 Å². The van der Waals surface area contributed by atoms with E-state index in [0.29, 0.717) is 16.3 Å². The van der Waals surface area contributed by atoms with Gasteiger partial charge in [0.05, 0.1) is 16.8 Å². The lowest BCUT2D eigenvalue weighted by molar-refractivity contribution is 0.0963. The number of phenolic OH excluding ortho intramolecular Hbond substituents is 1. The number of para-hydroxylation sites is 1. The van der Waals surface area contributed by atoms with Crippen LogP contribution in [0.4, 0.5) is 5.69 Å². The molecule has 4 nitrogen and oxygen atoms in total. The molecule has 2 rings (SSSR count). The summed E-state index contributed by atoms with van der Waals surface area (Å²) in [7, 11) is 1.58. The molecule has 3 N–H and O–H groups in total. The second kappa shape index (κ2) is 6.50. The Balaban J connectivity index is 2.27. The summed E-state index contributed by atoms with van der Waals surface area (Å²) in [6.07, 6.45) is 0. The van der Waals surface area contributed by atoms with Gasteiger partial charge in [-0.3, -0.25) is 4.79 Å². The molecule has 2 aromatic rings. The maximum atomic E-state index is 11.7. The summed E-state index contributed by atoms with van der Waals surface area (Å²) in [5.74, 6) is 0.0426. The summed E-state index contributed by atoms with van der Waals surface area (Å²) in [5, 5.41) is 16.2. The van der Waals surface area contributed by atoms with Crippen molar-refractivity contribution < 1.29 is 9.90 Å². The minimum atomic E-state index is -0.176. The van der Waals surface area contributed by atoms with Gasteiger partial charge < -0.3 is 15.7 Å². The lowest BCUT2D eigenvalue weighted by atomic mass is 10.1. The second-order valence-corrected chi connectivity index (χ2v) is 5.11. The molecule has 1 amide bonds. The highest BCUT2D eigenvalue weighted by molar-refractivity contribution is 6.33. The van der Waals surface area contributed by atoms with Crippen LogP contribution in [0.2, 0.25) is 5.02 Å². The Labute approximate surface area is 128 Å². The smallest absolute Gasteiger partial charge is 0.251 e. The molecule has 0 fully saturated rings. The summed E-state index contributed by atoms with van der Waals surface area (Å²) >= 11 is 6.16. The summed E-state index contributed by atoms with van der Waals surface area (Å²) < 4.78 is 0. The SMILES string of the molecule is CNC(=O)c1ccc(Cl)c(NC(C)c2ccccc2O)c1. The molecule has 0 radical (unpaired) electrons. The van der Waals surface area contributed by atoms with Crippen LogP contribution in [0, 0.1) is 0 Å². The Hall–Kier alpha value is -2.20. The maximum absolute atomic E-state index is 11.7. The number of anilines is 1. The summed E-state index contributed by atoms with van der Waals surface area (Å²) in [6, 6.07) is 12.0. The zero-order valence-corrected chi connectivity index (χ0v) is 12.6. The average molecular weight is 305 g/mol. The number of carbonyl (C=O) groups is 1. The molecule has 0 aliphatic heterocycles. The molecule has 0 saturated carbocycles. The minimum Gasteiger partial charge on any atom is -0.508 e. The van der Waals surface area contributed by atoms with Crippen LogP contribution in [0.5, 0.6) is 5.75 Å². The molecule has 0 bridgehead atoms. The van der Waals surface area contributed by atoms with E-state index in [9.17, 15) is 9.90 Å². The molecule has 110 valence electrons. The van der Waals surface area contributed by atoms with Gasteiger partial charge in [-0.15, -0.1) is 0 Å². The number of halogens is 1. The van der Waals surface area contributed by atoms with Crippen molar-refractivity contribution in [2.24, 2.45) is 0 Å². The molecular formula is C16H17ClN2O2. The Morgan fingerprint density at radius 3 is 2.62 bits per heavy atom. The van der Waals surface area contributed by atoms with Gasteiger partial charge in [0.15, 0.2) is 0 Å². The van der Waals surface area contributed by atoms with E-state index in [4.69, 9.17) is 11.6 Å². The summed E-state index contributed by atoms with van der Waals surface area (Å²) in [6.45, 7) is 1.91. The van der Waals surface area contributed by atoms with Crippen molar-refractivity contribution in [1.82, 2.24) is 5.32 Å². The molecule has 0 saturated heterocycles. The topological polar surface area (TPSA) is 61.4 Å². The van der Waals surface area contributed by atoms with E-state index in [0.717, 1.165) is 5.56 Å². The van der Waals surface area contributed by atoms with Crippen molar-refractivity contribution in [3.05, 3.63) is 58.6 Å². The van der Waals surface area contributed by atoms with Crippen molar-refractivity contribution in [3.63, 3.8) is 0 Å². The summed E-state index contributed by atoms with van der Waals surface area (Å²) in [5.41, 5.74) is 1.93. The van der Waals surface area contributed by atoms with Crippen molar-refractivity contribution in [1.29, 1.82) is 0 Å². The third-order valence-electron chi connectivity index (χ3n) is 3.23. The summed E-state index contributed by atoms with van der Waals surface area (Å²) in [4.78, 5) is 11.7. The van der Waals surface area contributed by atoms with Crippen LogP contribution in [0.1, 0.15) is 28.9 Å². The quantitative estimate of drug-likeness (QED) is 0.809. The van der Waals surface area contributed by atoms with Crippen molar-refractivity contribution in [2.75, 3.05) is 12.4 Å². The van der Waals surface area contributed by atoms with E-state index in [-0.39, 0.29) is 17.7 Å². The molecule has 1 atom stereocenters. The highest BCUT2D eigenvalue weighted by Crippen LogP contribution is 2.30. The Morgan fingerprint density at radius 2 is 1.95 bits per heavy atom. The van der Waals surface area contributed by atoms with Crippen LogP contribution in [0.3, 0.4) is 0 Å². The molecule has 1 unspecified atom stereocenters. The van der Waals surface area contributed by atoms with Gasteiger partial charge in [-0.05, 0) is 31.2 Å². The maximum Gasteiger partial charge on any atom is 0.251 e. The highest BCUT2D eigenvalue weighted by Gasteiger charge is 2.13. The predicted octanol–water partition coefficient (Wildman–Crippen LogP) is 3.58. The van der Waals surface area contributed by atoms with Crippen molar-refractivity contribution in [2.45, 2.75) is 13.0 Å². The first-order valence-corrected chi connectivity index (χ1v) is 6.96. The number of aromatic hydroxyl groups is 1. The van der Waals surface area contributed by atoms with E-state index in [1.165, 1.54) is 0 Å². The van der Waals surface area contributed by atoms with Gasteiger partial charge in [-0.25, -0.2) is 0 Å². The number of carbonyl (C=O) groups excluding carboxylic acids is 1. The predicted molar refractivity (Wildman–Crippen MR) is 85.0 cm³/mol. The largest absolute Gasteiger partial charge is 0.508 e. The number of amides is 1. The molecule has 0 aromatic heterocycles. The molecule has 5 heteroatoms. The first-order chi connectivity index (χ1) is 10.0. The average Bonchev–Trinajstić information content (AvgIpc) is 2.49. The van der Waals surface area contributed by atoms with Gasteiger partial charge in [0, 0.05) is 18.2 Å². The number of nitrogens with one attached hydrogen (secondary N) is 2. The van der Waals surface area contributed by atoms with Crippen LogP contribution in [-0.2, 0) is 0 Å². The van der Waals surface area contributed by atoms with Crippen LogP contribution in [0.15, 0.2) is 42.5 Å². The standard InChI is InChI=1S/C16H17ClN2O2/c1-10(12-5-3-4-6-15(12)20)19-14-9-11(16(21)18-2)7-8-13(14)17/h3-10,19-20H,1-2H3,(H,18,21). The van der Waals surface area contributed by atoms with Gasteiger partial charge in [0.25, 0.3) is 5.91 Å². The number of rotatable bonds is 4.